The van der Waals surface area contributed by atoms with Crippen molar-refractivity contribution >= 4 is 0 Å². The highest BCUT2D eigenvalue weighted by molar-refractivity contribution is 5.18. The van der Waals surface area contributed by atoms with Gasteiger partial charge in [-0.3, -0.25) is 4.90 Å². The van der Waals surface area contributed by atoms with Gasteiger partial charge in [0.25, 0.3) is 0 Å². The van der Waals surface area contributed by atoms with E-state index in [1.54, 1.807) is 0 Å². The fourth-order valence-electron chi connectivity index (χ4n) is 2.98. The number of fused-ring (bicyclic) bond motifs is 2. The Bertz CT molecular complexity index is 352. The average Bonchev–Trinajstić information content (AvgIpc) is 2.54. The first kappa shape index (κ1) is 10.1. The molecule has 1 heteroatoms. The Morgan fingerprint density at radius 3 is 2.19 bits per heavy atom. The highest BCUT2D eigenvalue weighted by Crippen LogP contribution is 2.30. The topological polar surface area (TPSA) is 3.24 Å². The lowest BCUT2D eigenvalue weighted by molar-refractivity contribution is 0.201. The highest BCUT2D eigenvalue weighted by atomic mass is 15.2. The van der Waals surface area contributed by atoms with Crippen LogP contribution >= 0.6 is 0 Å². The lowest BCUT2D eigenvalue weighted by atomic mass is 10.1. The molecular weight excluding hydrogens is 194 g/mol. The Hall–Kier alpha value is -1.08. The van der Waals surface area contributed by atoms with Gasteiger partial charge >= 0.3 is 0 Å². The minimum absolute atomic E-state index is 0.702. The van der Waals surface area contributed by atoms with Crippen LogP contribution < -0.4 is 0 Å². The zero-order valence-corrected chi connectivity index (χ0v) is 9.68. The molecule has 1 nitrogen and oxygen atoms in total. The van der Waals surface area contributed by atoms with Crippen molar-refractivity contribution in [1.29, 1.82) is 0 Å². The van der Waals surface area contributed by atoms with E-state index in [0.29, 0.717) is 12.1 Å². The summed E-state index contributed by atoms with van der Waals surface area (Å²) in [6.45, 7) is 1.11. The predicted molar refractivity (Wildman–Crippen MR) is 67.2 cm³/mol. The minimum atomic E-state index is 0.702. The summed E-state index contributed by atoms with van der Waals surface area (Å²) in [4.78, 5) is 2.67. The SMILES string of the molecule is C1=C[C@H]2CCCC[C@@H]1N2Cc1ccccc1. The van der Waals surface area contributed by atoms with Crippen molar-refractivity contribution in [3.63, 3.8) is 0 Å². The molecule has 16 heavy (non-hydrogen) atoms. The quantitative estimate of drug-likeness (QED) is 0.681. The molecule has 3 rings (SSSR count). The van der Waals surface area contributed by atoms with Crippen molar-refractivity contribution in [2.24, 2.45) is 0 Å². The first-order chi connectivity index (χ1) is 7.93. The number of hydrogen-bond acceptors (Lipinski definition) is 1. The fraction of sp³-hybridized carbons (Fsp3) is 0.467. The third-order valence-corrected chi connectivity index (χ3v) is 3.87. The van der Waals surface area contributed by atoms with E-state index in [2.05, 4.69) is 47.4 Å². The van der Waals surface area contributed by atoms with Crippen LogP contribution in [-0.4, -0.2) is 17.0 Å². The Morgan fingerprint density at radius 1 is 0.938 bits per heavy atom. The molecule has 0 saturated carbocycles. The molecule has 0 N–H and O–H groups in total. The van der Waals surface area contributed by atoms with E-state index in [0.717, 1.165) is 6.54 Å². The molecule has 1 fully saturated rings. The maximum atomic E-state index is 2.67. The molecule has 0 unspecified atom stereocenters. The second kappa shape index (κ2) is 4.42. The van der Waals surface area contributed by atoms with E-state index < -0.39 is 0 Å². The van der Waals surface area contributed by atoms with Gasteiger partial charge in [-0.15, -0.1) is 0 Å². The summed E-state index contributed by atoms with van der Waals surface area (Å²) in [7, 11) is 0. The van der Waals surface area contributed by atoms with Crippen molar-refractivity contribution < 1.29 is 0 Å². The van der Waals surface area contributed by atoms with Crippen LogP contribution in [0.2, 0.25) is 0 Å². The van der Waals surface area contributed by atoms with Gasteiger partial charge in [0.2, 0.25) is 0 Å². The fourth-order valence-corrected chi connectivity index (χ4v) is 2.98. The molecule has 2 aliphatic rings. The molecule has 2 atom stereocenters. The predicted octanol–water partition coefficient (Wildman–Crippen LogP) is 3.37. The smallest absolute Gasteiger partial charge is 0.0288 e. The van der Waals surface area contributed by atoms with Gasteiger partial charge < -0.3 is 0 Å². The summed E-state index contributed by atoms with van der Waals surface area (Å²) in [5.74, 6) is 0. The van der Waals surface area contributed by atoms with E-state index in [1.807, 2.05) is 0 Å². The van der Waals surface area contributed by atoms with Crippen LogP contribution in [0.25, 0.3) is 0 Å². The Kier molecular flexibility index (Phi) is 2.79. The van der Waals surface area contributed by atoms with Gasteiger partial charge in [0.1, 0.15) is 0 Å². The van der Waals surface area contributed by atoms with Crippen LogP contribution in [0.5, 0.6) is 0 Å². The molecule has 2 bridgehead atoms. The van der Waals surface area contributed by atoms with Gasteiger partial charge in [0.05, 0.1) is 0 Å². The van der Waals surface area contributed by atoms with E-state index >= 15 is 0 Å². The summed E-state index contributed by atoms with van der Waals surface area (Å²) >= 11 is 0. The van der Waals surface area contributed by atoms with E-state index in [1.165, 1.54) is 31.2 Å². The zero-order chi connectivity index (χ0) is 10.8. The molecule has 0 spiro atoms. The summed E-state index contributed by atoms with van der Waals surface area (Å²) in [6, 6.07) is 12.3. The second-order valence-corrected chi connectivity index (χ2v) is 4.96. The third kappa shape index (κ3) is 1.92. The first-order valence-electron chi connectivity index (χ1n) is 6.41. The summed E-state index contributed by atoms with van der Waals surface area (Å²) < 4.78 is 0. The molecule has 1 aromatic carbocycles. The molecule has 0 aromatic heterocycles. The van der Waals surface area contributed by atoms with Crippen LogP contribution in [0.15, 0.2) is 42.5 Å². The highest BCUT2D eigenvalue weighted by Gasteiger charge is 2.29. The Labute approximate surface area is 97.8 Å². The van der Waals surface area contributed by atoms with Gasteiger partial charge in [-0.1, -0.05) is 55.3 Å². The molecule has 84 valence electrons. The molecule has 2 heterocycles. The molecule has 0 aliphatic carbocycles. The largest absolute Gasteiger partial charge is 0.286 e. The number of rotatable bonds is 2. The van der Waals surface area contributed by atoms with Crippen molar-refractivity contribution in [1.82, 2.24) is 4.90 Å². The van der Waals surface area contributed by atoms with E-state index in [-0.39, 0.29) is 0 Å². The number of nitrogens with zero attached hydrogens (tertiary/aromatic N) is 1. The monoisotopic (exact) mass is 213 g/mol. The van der Waals surface area contributed by atoms with Crippen LogP contribution in [0.1, 0.15) is 31.2 Å². The lowest BCUT2D eigenvalue weighted by Crippen LogP contribution is -2.34. The molecule has 1 saturated heterocycles. The zero-order valence-electron chi connectivity index (χ0n) is 9.68. The van der Waals surface area contributed by atoms with Crippen LogP contribution in [-0.2, 0) is 6.54 Å². The van der Waals surface area contributed by atoms with E-state index in [9.17, 15) is 0 Å². The van der Waals surface area contributed by atoms with Gasteiger partial charge in [-0.25, -0.2) is 0 Å². The van der Waals surface area contributed by atoms with Crippen molar-refractivity contribution in [2.75, 3.05) is 0 Å². The average molecular weight is 213 g/mol. The van der Waals surface area contributed by atoms with E-state index in [4.69, 9.17) is 0 Å². The van der Waals surface area contributed by atoms with Crippen molar-refractivity contribution in [2.45, 2.75) is 44.3 Å². The third-order valence-electron chi connectivity index (χ3n) is 3.87. The maximum Gasteiger partial charge on any atom is 0.0288 e. The van der Waals surface area contributed by atoms with Gasteiger partial charge in [-0.2, -0.15) is 0 Å². The lowest BCUT2D eigenvalue weighted by Gasteiger charge is -2.28. The van der Waals surface area contributed by atoms with Crippen LogP contribution in [0, 0.1) is 0 Å². The van der Waals surface area contributed by atoms with Gasteiger partial charge in [0, 0.05) is 18.6 Å². The summed E-state index contributed by atoms with van der Waals surface area (Å²) in [5.41, 5.74) is 1.45. The van der Waals surface area contributed by atoms with Crippen LogP contribution in [0.3, 0.4) is 0 Å². The number of benzene rings is 1. The van der Waals surface area contributed by atoms with Crippen molar-refractivity contribution in [3.8, 4) is 0 Å². The maximum absolute atomic E-state index is 2.67. The summed E-state index contributed by atoms with van der Waals surface area (Å²) in [5, 5.41) is 0. The Morgan fingerprint density at radius 2 is 1.56 bits per heavy atom. The van der Waals surface area contributed by atoms with Gasteiger partial charge in [-0.05, 0) is 18.4 Å². The summed E-state index contributed by atoms with van der Waals surface area (Å²) in [6.07, 6.45) is 10.3. The molecule has 2 aliphatic heterocycles. The van der Waals surface area contributed by atoms with Gasteiger partial charge in [0.15, 0.2) is 0 Å². The number of hydrogen-bond donors (Lipinski definition) is 0. The van der Waals surface area contributed by atoms with Crippen molar-refractivity contribution in [3.05, 3.63) is 48.0 Å². The minimum Gasteiger partial charge on any atom is -0.286 e. The molecule has 0 radical (unpaired) electrons. The molecular formula is C15H19N. The Balaban J connectivity index is 1.76. The van der Waals surface area contributed by atoms with Crippen LogP contribution in [0.4, 0.5) is 0 Å². The second-order valence-electron chi connectivity index (χ2n) is 4.96. The molecule has 0 amide bonds. The molecule has 1 aromatic rings. The first-order valence-corrected chi connectivity index (χ1v) is 6.41. The standard InChI is InChI=1S/C15H19N/c1-2-6-13(7-3-1)12-16-14-8-4-5-9-15(16)11-10-14/h1-3,6-7,10-11,14-15H,4-5,8-9,12H2/t14-,15+. The normalized spacial score (nSPS) is 29.2.